The van der Waals surface area contributed by atoms with Gasteiger partial charge in [-0.1, -0.05) is 81.9 Å². The number of carbonyl (C=O) groups excluding carboxylic acids is 2. The van der Waals surface area contributed by atoms with Gasteiger partial charge in [0.25, 0.3) is 0 Å². The molecule has 0 saturated heterocycles. The summed E-state index contributed by atoms with van der Waals surface area (Å²) in [4.78, 5) is 29.4. The lowest BCUT2D eigenvalue weighted by Gasteiger charge is -2.35. The van der Waals surface area contributed by atoms with Crippen LogP contribution in [0.15, 0.2) is 70.2 Å². The zero-order valence-electron chi connectivity index (χ0n) is 23.6. The summed E-state index contributed by atoms with van der Waals surface area (Å²) >= 11 is 1.57. The summed E-state index contributed by atoms with van der Waals surface area (Å²) in [7, 11) is 0. The molecule has 6 aliphatic carbocycles. The third-order valence-electron chi connectivity index (χ3n) is 10.9. The van der Waals surface area contributed by atoms with Crippen molar-refractivity contribution in [2.45, 2.75) is 70.6 Å². The van der Waals surface area contributed by atoms with Gasteiger partial charge in [0.05, 0.1) is 10.2 Å². The van der Waals surface area contributed by atoms with Crippen LogP contribution in [0.4, 0.5) is 0 Å². The van der Waals surface area contributed by atoms with Gasteiger partial charge >= 0.3 is 0 Å². The van der Waals surface area contributed by atoms with Gasteiger partial charge in [0, 0.05) is 40.7 Å². The molecule has 0 spiro atoms. The van der Waals surface area contributed by atoms with Crippen LogP contribution in [-0.2, 0) is 11.2 Å². The summed E-state index contributed by atoms with van der Waals surface area (Å²) in [6.45, 7) is 6.59. The van der Waals surface area contributed by atoms with Crippen molar-refractivity contribution in [2.75, 3.05) is 0 Å². The first-order valence-electron chi connectivity index (χ1n) is 15.3. The summed E-state index contributed by atoms with van der Waals surface area (Å²) in [5, 5.41) is -0.235. The number of thioether (sulfide) groups is 1. The van der Waals surface area contributed by atoms with Gasteiger partial charge in [-0.05, 0) is 70.6 Å². The lowest BCUT2D eigenvalue weighted by molar-refractivity contribution is -0.116. The predicted molar refractivity (Wildman–Crippen MR) is 164 cm³/mol. The van der Waals surface area contributed by atoms with Gasteiger partial charge in [0.1, 0.15) is 0 Å². The fourth-order valence-electron chi connectivity index (χ4n) is 8.90. The summed E-state index contributed by atoms with van der Waals surface area (Å²) in [5.41, 5.74) is 16.3. The molecule has 0 bridgehead atoms. The van der Waals surface area contributed by atoms with Gasteiger partial charge in [-0.25, -0.2) is 0 Å². The summed E-state index contributed by atoms with van der Waals surface area (Å²) < 4.78 is 0. The molecule has 5 unspecified atom stereocenters. The Morgan fingerprint density at radius 1 is 1.20 bits per heavy atom. The number of hydrogen-bond donors (Lipinski definition) is 1. The summed E-state index contributed by atoms with van der Waals surface area (Å²) in [6, 6.07) is 4.28. The lowest BCUT2D eigenvalue weighted by Crippen LogP contribution is -2.37. The maximum Gasteiger partial charge on any atom is 0.178 e. The number of unbranched alkanes of at least 4 members (excludes halogenated alkanes) is 1. The number of carbonyl (C=O) groups is 2. The highest BCUT2D eigenvalue weighted by molar-refractivity contribution is 8.05. The van der Waals surface area contributed by atoms with E-state index in [9.17, 15) is 9.59 Å². The van der Waals surface area contributed by atoms with Crippen LogP contribution in [-0.4, -0.2) is 22.9 Å². The Hall–Kier alpha value is -2.69. The van der Waals surface area contributed by atoms with Gasteiger partial charge in [-0.15, -0.1) is 11.8 Å². The molecule has 1 saturated carbocycles. The van der Waals surface area contributed by atoms with Crippen molar-refractivity contribution in [3.63, 3.8) is 0 Å². The maximum absolute atomic E-state index is 14.3. The molecule has 1 fully saturated rings. The third kappa shape index (κ3) is 3.02. The first-order valence-corrected chi connectivity index (χ1v) is 16.1. The monoisotopic (exact) mass is 547 g/mol. The van der Waals surface area contributed by atoms with Crippen molar-refractivity contribution in [1.29, 1.82) is 0 Å². The zero-order valence-corrected chi connectivity index (χ0v) is 24.4. The molecule has 4 heteroatoms. The summed E-state index contributed by atoms with van der Waals surface area (Å²) in [5.74, 6) is 1.11. The first kappa shape index (κ1) is 25.1. The Balaban J connectivity index is 1.32. The van der Waals surface area contributed by atoms with Crippen LogP contribution in [0.1, 0.15) is 79.9 Å². The smallest absolute Gasteiger partial charge is 0.178 e. The van der Waals surface area contributed by atoms with Gasteiger partial charge in [0.15, 0.2) is 11.6 Å². The van der Waals surface area contributed by atoms with Crippen molar-refractivity contribution in [1.82, 2.24) is 0 Å². The molecule has 1 aliphatic heterocycles. The molecule has 40 heavy (non-hydrogen) atoms. The van der Waals surface area contributed by atoms with Crippen molar-refractivity contribution in [3.05, 3.63) is 92.5 Å². The molecule has 0 aromatic heterocycles. The van der Waals surface area contributed by atoms with E-state index in [-0.39, 0.29) is 45.5 Å². The predicted octanol–water partition coefficient (Wildman–Crippen LogP) is 7.40. The molecule has 204 valence electrons. The Morgan fingerprint density at radius 3 is 2.85 bits per heavy atom. The van der Waals surface area contributed by atoms with Crippen LogP contribution in [0.3, 0.4) is 0 Å². The molecular formula is C36H37NO2S. The average molecular weight is 548 g/mol. The molecule has 7 atom stereocenters. The van der Waals surface area contributed by atoms with E-state index < -0.39 is 0 Å². The molecule has 3 nitrogen and oxygen atoms in total. The van der Waals surface area contributed by atoms with E-state index in [4.69, 9.17) is 5.73 Å². The minimum Gasteiger partial charge on any atom is -0.324 e. The molecule has 1 heterocycles. The van der Waals surface area contributed by atoms with Crippen molar-refractivity contribution in [2.24, 2.45) is 34.3 Å². The number of ketones is 2. The second-order valence-electron chi connectivity index (χ2n) is 13.1. The minimum atomic E-state index is -0.285. The highest BCUT2D eigenvalue weighted by Crippen LogP contribution is 2.82. The number of fused-ring (bicyclic) bond motifs is 6. The standard InChI is InChI=1S/C36H37NO2S/c1-4-6-8-9-26(37)36-17-25(38)33-30-28-24(31(28)35(36,18-36)14-7-5-2)16-23-22-13-11-20-15-19(3)10-12-21(20)27(22)32(39)34(40-33)29(23)30/h7-14,16,19,26,28-29,34H,4-6,15,17-18,37H2,1-3H3/b9-8-,14-7-/t19-,26?,28+,29?,34?,35?,36?/m1/s1. The zero-order chi connectivity index (χ0) is 27.6. The third-order valence-corrected chi connectivity index (χ3v) is 12.3. The largest absolute Gasteiger partial charge is 0.324 e. The summed E-state index contributed by atoms with van der Waals surface area (Å²) in [6.07, 6.45) is 21.3. The molecule has 1 aromatic carbocycles. The second kappa shape index (κ2) is 8.42. The highest BCUT2D eigenvalue weighted by Gasteiger charge is 2.76. The van der Waals surface area contributed by atoms with Crippen LogP contribution in [0.5, 0.6) is 0 Å². The SMILES string of the molecule is CC/C=C\C12CC1(C(N)/C=C\CCC)CC(=O)C1=C3C4C(=CC5=C2[C@@H]53)c2ccc3c(c2C(=O)C4S1)C=C[C@@H](C)C3. The maximum atomic E-state index is 14.3. The van der Waals surface area contributed by atoms with Gasteiger partial charge in [-0.3, -0.25) is 9.59 Å². The van der Waals surface area contributed by atoms with Gasteiger partial charge < -0.3 is 5.73 Å². The fraction of sp³-hybridized carbons (Fsp3) is 0.444. The van der Waals surface area contributed by atoms with E-state index in [0.717, 1.165) is 53.7 Å². The number of hydrogen-bond acceptors (Lipinski definition) is 4. The Morgan fingerprint density at radius 2 is 2.05 bits per heavy atom. The van der Waals surface area contributed by atoms with E-state index in [2.05, 4.69) is 75.4 Å². The van der Waals surface area contributed by atoms with Crippen LogP contribution < -0.4 is 5.73 Å². The second-order valence-corrected chi connectivity index (χ2v) is 14.3. The highest BCUT2D eigenvalue weighted by atomic mass is 32.2. The number of benzene rings is 1. The quantitative estimate of drug-likeness (QED) is 0.377. The normalized spacial score (nSPS) is 36.8. The van der Waals surface area contributed by atoms with Crippen molar-refractivity contribution in [3.8, 4) is 0 Å². The van der Waals surface area contributed by atoms with Gasteiger partial charge in [0.2, 0.25) is 0 Å². The van der Waals surface area contributed by atoms with E-state index in [1.807, 2.05) is 0 Å². The van der Waals surface area contributed by atoms with E-state index >= 15 is 0 Å². The van der Waals surface area contributed by atoms with E-state index in [1.165, 1.54) is 27.9 Å². The Bertz CT molecular complexity index is 1600. The van der Waals surface area contributed by atoms with Crippen molar-refractivity contribution < 1.29 is 9.59 Å². The molecule has 2 N–H and O–H groups in total. The molecule has 0 radical (unpaired) electrons. The average Bonchev–Trinajstić information content (AvgIpc) is 3.78. The molecular weight excluding hydrogens is 510 g/mol. The molecule has 0 amide bonds. The Kier molecular flexibility index (Phi) is 5.28. The number of rotatable bonds is 6. The Labute approximate surface area is 241 Å². The molecule has 8 rings (SSSR count). The number of allylic oxidation sites excluding steroid dienone is 10. The van der Waals surface area contributed by atoms with Crippen LogP contribution in [0.2, 0.25) is 0 Å². The molecule has 1 aromatic rings. The first-order chi connectivity index (χ1) is 19.4. The topological polar surface area (TPSA) is 60.2 Å². The van der Waals surface area contributed by atoms with Crippen molar-refractivity contribution >= 4 is 35.0 Å². The minimum absolute atomic E-state index is 0.0105. The van der Waals surface area contributed by atoms with E-state index in [1.54, 1.807) is 11.8 Å². The number of nitrogens with two attached hydrogens (primary N) is 1. The molecule has 7 aliphatic rings. The van der Waals surface area contributed by atoms with Crippen LogP contribution in [0, 0.1) is 28.6 Å². The van der Waals surface area contributed by atoms with Crippen LogP contribution in [0.25, 0.3) is 11.6 Å². The van der Waals surface area contributed by atoms with Gasteiger partial charge in [-0.2, -0.15) is 0 Å². The fourth-order valence-corrected chi connectivity index (χ4v) is 10.4. The lowest BCUT2D eigenvalue weighted by atomic mass is 9.67. The van der Waals surface area contributed by atoms with Crippen LogP contribution >= 0.6 is 11.8 Å². The number of Topliss-reactive ketones (excluding diaryl/α,β-unsaturated/α-hetero) is 2. The van der Waals surface area contributed by atoms with E-state index in [0.29, 0.717) is 12.3 Å².